The van der Waals surface area contributed by atoms with E-state index >= 15 is 0 Å². The Morgan fingerprint density at radius 3 is 2.80 bits per heavy atom. The summed E-state index contributed by atoms with van der Waals surface area (Å²) in [6, 6.07) is 6.54. The van der Waals surface area contributed by atoms with E-state index in [0.717, 1.165) is 0 Å². The molecule has 0 aliphatic carbocycles. The van der Waals surface area contributed by atoms with Gasteiger partial charge in [-0.15, -0.1) is 0 Å². The number of hydrogen-bond acceptors (Lipinski definition) is 2. The Balaban J connectivity index is 2.70. The minimum Gasteiger partial charge on any atom is -0.488 e. The van der Waals surface area contributed by atoms with Gasteiger partial charge < -0.3 is 9.84 Å². The van der Waals surface area contributed by atoms with Crippen molar-refractivity contribution in [2.45, 2.75) is 6.43 Å². The number of halogens is 2. The molecule has 1 aromatic carbocycles. The predicted octanol–water partition coefficient (Wildman–Crippen LogP) is 2.34. The molecular formula is C11H12F2O2. The van der Waals surface area contributed by atoms with E-state index < -0.39 is 13.0 Å². The van der Waals surface area contributed by atoms with Crippen molar-refractivity contribution in [1.82, 2.24) is 0 Å². The Morgan fingerprint density at radius 2 is 2.20 bits per heavy atom. The lowest BCUT2D eigenvalue weighted by Gasteiger charge is -2.07. The standard InChI is InChI=1S/C11H12F2O2/c1-8(6-14)9-3-2-4-10(5-9)15-7-11(12)13/h2-5,11,14H,1,6-7H2. The molecule has 0 fully saturated rings. The van der Waals surface area contributed by atoms with E-state index in [1.54, 1.807) is 24.3 Å². The normalized spacial score (nSPS) is 10.4. The van der Waals surface area contributed by atoms with Gasteiger partial charge in [-0.1, -0.05) is 18.7 Å². The quantitative estimate of drug-likeness (QED) is 0.815. The minimum atomic E-state index is -2.49. The van der Waals surface area contributed by atoms with Gasteiger partial charge in [-0.2, -0.15) is 0 Å². The summed E-state index contributed by atoms with van der Waals surface area (Å²) in [6.45, 7) is 2.83. The average molecular weight is 214 g/mol. The van der Waals surface area contributed by atoms with Crippen LogP contribution in [0, 0.1) is 0 Å². The summed E-state index contributed by atoms with van der Waals surface area (Å²) in [4.78, 5) is 0. The summed E-state index contributed by atoms with van der Waals surface area (Å²) in [7, 11) is 0. The Morgan fingerprint density at radius 1 is 1.47 bits per heavy atom. The molecule has 0 unspecified atom stereocenters. The average Bonchev–Trinajstić information content (AvgIpc) is 2.25. The van der Waals surface area contributed by atoms with Crippen molar-refractivity contribution in [2.75, 3.05) is 13.2 Å². The first-order chi connectivity index (χ1) is 7.13. The topological polar surface area (TPSA) is 29.5 Å². The van der Waals surface area contributed by atoms with E-state index in [4.69, 9.17) is 9.84 Å². The highest BCUT2D eigenvalue weighted by atomic mass is 19.3. The van der Waals surface area contributed by atoms with E-state index in [0.29, 0.717) is 16.9 Å². The van der Waals surface area contributed by atoms with Gasteiger partial charge in [-0.05, 0) is 23.3 Å². The van der Waals surface area contributed by atoms with Crippen molar-refractivity contribution < 1.29 is 18.6 Å². The number of benzene rings is 1. The molecule has 1 rings (SSSR count). The number of hydrogen-bond donors (Lipinski definition) is 1. The molecule has 1 N–H and O–H groups in total. The predicted molar refractivity (Wildman–Crippen MR) is 54.1 cm³/mol. The van der Waals surface area contributed by atoms with Crippen molar-refractivity contribution in [1.29, 1.82) is 0 Å². The van der Waals surface area contributed by atoms with Gasteiger partial charge in [0, 0.05) is 0 Å². The number of aliphatic hydroxyl groups is 1. The molecule has 0 aliphatic heterocycles. The Bertz CT molecular complexity index is 337. The second kappa shape index (κ2) is 5.46. The third-order valence-corrected chi connectivity index (χ3v) is 1.81. The smallest absolute Gasteiger partial charge is 0.272 e. The molecule has 0 spiro atoms. The first kappa shape index (κ1) is 11.7. The van der Waals surface area contributed by atoms with Crippen LogP contribution in [0.2, 0.25) is 0 Å². The number of aliphatic hydroxyl groups excluding tert-OH is 1. The van der Waals surface area contributed by atoms with Gasteiger partial charge in [0.15, 0.2) is 0 Å². The molecule has 0 radical (unpaired) electrons. The molecule has 0 atom stereocenters. The van der Waals surface area contributed by atoms with E-state index in [9.17, 15) is 8.78 Å². The Hall–Kier alpha value is -1.42. The van der Waals surface area contributed by atoms with E-state index in [2.05, 4.69) is 6.58 Å². The highest BCUT2D eigenvalue weighted by Gasteiger charge is 2.04. The highest BCUT2D eigenvalue weighted by Crippen LogP contribution is 2.19. The maximum Gasteiger partial charge on any atom is 0.272 e. The zero-order chi connectivity index (χ0) is 11.3. The van der Waals surface area contributed by atoms with Crippen LogP contribution in [0.1, 0.15) is 5.56 Å². The van der Waals surface area contributed by atoms with Crippen LogP contribution in [0.25, 0.3) is 5.57 Å². The lowest BCUT2D eigenvalue weighted by molar-refractivity contribution is 0.0819. The monoisotopic (exact) mass is 214 g/mol. The number of rotatable bonds is 5. The first-order valence-electron chi connectivity index (χ1n) is 4.43. The molecule has 0 saturated carbocycles. The molecular weight excluding hydrogens is 202 g/mol. The maximum absolute atomic E-state index is 11.9. The zero-order valence-corrected chi connectivity index (χ0v) is 8.12. The molecule has 0 bridgehead atoms. The fourth-order valence-corrected chi connectivity index (χ4v) is 1.06. The molecule has 15 heavy (non-hydrogen) atoms. The van der Waals surface area contributed by atoms with E-state index in [1.807, 2.05) is 0 Å². The summed E-state index contributed by atoms with van der Waals surface area (Å²) < 4.78 is 28.6. The molecule has 0 amide bonds. The second-order valence-electron chi connectivity index (χ2n) is 2.99. The van der Waals surface area contributed by atoms with Gasteiger partial charge in [-0.3, -0.25) is 0 Å². The van der Waals surface area contributed by atoms with Crippen molar-refractivity contribution in [3.8, 4) is 5.75 Å². The molecule has 1 aromatic rings. The third kappa shape index (κ3) is 3.67. The summed E-state index contributed by atoms with van der Waals surface area (Å²) in [5, 5.41) is 8.84. The van der Waals surface area contributed by atoms with Crippen LogP contribution in [0.15, 0.2) is 30.8 Å². The number of alkyl halides is 2. The van der Waals surface area contributed by atoms with Crippen LogP contribution in [0.4, 0.5) is 8.78 Å². The first-order valence-corrected chi connectivity index (χ1v) is 4.43. The molecule has 0 aliphatic rings. The molecule has 4 heteroatoms. The summed E-state index contributed by atoms with van der Waals surface area (Å²) in [5.74, 6) is 0.349. The SMILES string of the molecule is C=C(CO)c1cccc(OCC(F)F)c1. The Kier molecular flexibility index (Phi) is 4.24. The van der Waals surface area contributed by atoms with E-state index in [1.165, 1.54) is 0 Å². The molecule has 2 nitrogen and oxygen atoms in total. The third-order valence-electron chi connectivity index (χ3n) is 1.81. The lowest BCUT2D eigenvalue weighted by Crippen LogP contribution is -2.07. The van der Waals surface area contributed by atoms with Gasteiger partial charge in [0.05, 0.1) is 6.61 Å². The van der Waals surface area contributed by atoms with Crippen molar-refractivity contribution in [3.63, 3.8) is 0 Å². The van der Waals surface area contributed by atoms with Crippen LogP contribution >= 0.6 is 0 Å². The highest BCUT2D eigenvalue weighted by molar-refractivity contribution is 5.65. The fourth-order valence-electron chi connectivity index (χ4n) is 1.06. The fraction of sp³-hybridized carbons (Fsp3) is 0.273. The number of ether oxygens (including phenoxy) is 1. The largest absolute Gasteiger partial charge is 0.488 e. The van der Waals surface area contributed by atoms with Crippen LogP contribution in [0.3, 0.4) is 0 Å². The van der Waals surface area contributed by atoms with Crippen LogP contribution < -0.4 is 4.74 Å². The van der Waals surface area contributed by atoms with Gasteiger partial charge in [0.2, 0.25) is 0 Å². The second-order valence-corrected chi connectivity index (χ2v) is 2.99. The van der Waals surface area contributed by atoms with Crippen LogP contribution in [-0.4, -0.2) is 24.7 Å². The molecule has 0 heterocycles. The van der Waals surface area contributed by atoms with Crippen molar-refractivity contribution >= 4 is 5.57 Å². The van der Waals surface area contributed by atoms with Gasteiger partial charge >= 0.3 is 0 Å². The molecule has 0 aromatic heterocycles. The van der Waals surface area contributed by atoms with Crippen molar-refractivity contribution in [3.05, 3.63) is 36.4 Å². The summed E-state index contributed by atoms with van der Waals surface area (Å²) in [6.07, 6.45) is -2.49. The summed E-state index contributed by atoms with van der Waals surface area (Å²) in [5.41, 5.74) is 1.21. The van der Waals surface area contributed by atoms with Gasteiger partial charge in [-0.25, -0.2) is 8.78 Å². The van der Waals surface area contributed by atoms with Crippen molar-refractivity contribution in [2.24, 2.45) is 0 Å². The zero-order valence-electron chi connectivity index (χ0n) is 8.12. The van der Waals surface area contributed by atoms with Gasteiger partial charge in [0.1, 0.15) is 12.4 Å². The minimum absolute atomic E-state index is 0.168. The lowest BCUT2D eigenvalue weighted by atomic mass is 10.1. The Labute approximate surface area is 86.8 Å². The van der Waals surface area contributed by atoms with Crippen LogP contribution in [-0.2, 0) is 0 Å². The molecule has 0 saturated heterocycles. The van der Waals surface area contributed by atoms with E-state index in [-0.39, 0.29) is 6.61 Å². The summed E-state index contributed by atoms with van der Waals surface area (Å²) >= 11 is 0. The molecule has 82 valence electrons. The maximum atomic E-state index is 11.9. The van der Waals surface area contributed by atoms with Crippen LogP contribution in [0.5, 0.6) is 5.75 Å². The van der Waals surface area contributed by atoms with Gasteiger partial charge in [0.25, 0.3) is 6.43 Å².